The molecule has 0 radical (unpaired) electrons. The SMILES string of the molecule is CN(C)C(=O)N1CCC(C(=O)Nc2nc3c(ccc4ccccc43)s2)CC1. The maximum Gasteiger partial charge on any atom is 0.319 e. The molecule has 2 heterocycles. The van der Waals surface area contributed by atoms with E-state index in [9.17, 15) is 9.59 Å². The summed E-state index contributed by atoms with van der Waals surface area (Å²) in [7, 11) is 3.50. The number of anilines is 1. The van der Waals surface area contributed by atoms with Gasteiger partial charge in [-0.05, 0) is 24.3 Å². The smallest absolute Gasteiger partial charge is 0.319 e. The molecular formula is C20H22N4O2S. The minimum Gasteiger partial charge on any atom is -0.331 e. The fraction of sp³-hybridized carbons (Fsp3) is 0.350. The molecule has 1 aliphatic rings. The second kappa shape index (κ2) is 7.15. The molecule has 6 nitrogen and oxygen atoms in total. The number of hydrogen-bond acceptors (Lipinski definition) is 4. The maximum absolute atomic E-state index is 12.7. The molecule has 0 bridgehead atoms. The van der Waals surface area contributed by atoms with E-state index in [1.54, 1.807) is 23.9 Å². The molecule has 27 heavy (non-hydrogen) atoms. The van der Waals surface area contributed by atoms with Gasteiger partial charge in [-0.1, -0.05) is 41.7 Å². The molecule has 1 aliphatic heterocycles. The average Bonchev–Trinajstić information content (AvgIpc) is 3.10. The number of rotatable bonds is 2. The van der Waals surface area contributed by atoms with E-state index in [4.69, 9.17) is 0 Å². The van der Waals surface area contributed by atoms with Gasteiger partial charge < -0.3 is 15.1 Å². The summed E-state index contributed by atoms with van der Waals surface area (Å²) in [4.78, 5) is 32.7. The molecule has 0 unspecified atom stereocenters. The van der Waals surface area contributed by atoms with Gasteiger partial charge in [0.05, 0.1) is 10.2 Å². The summed E-state index contributed by atoms with van der Waals surface area (Å²) >= 11 is 1.50. The molecule has 0 atom stereocenters. The van der Waals surface area contributed by atoms with Gasteiger partial charge in [-0.2, -0.15) is 0 Å². The highest BCUT2D eigenvalue weighted by atomic mass is 32.1. The Labute approximate surface area is 161 Å². The zero-order chi connectivity index (χ0) is 19.0. The van der Waals surface area contributed by atoms with Crippen molar-refractivity contribution in [3.8, 4) is 0 Å². The Bertz CT molecular complexity index is 1010. The average molecular weight is 382 g/mol. The molecule has 1 fully saturated rings. The van der Waals surface area contributed by atoms with E-state index >= 15 is 0 Å². The van der Waals surface area contributed by atoms with Crippen LogP contribution >= 0.6 is 11.3 Å². The number of benzene rings is 2. The molecule has 0 spiro atoms. The summed E-state index contributed by atoms with van der Waals surface area (Å²) in [5, 5.41) is 5.87. The number of nitrogens with one attached hydrogen (secondary N) is 1. The van der Waals surface area contributed by atoms with Crippen molar-refractivity contribution in [2.75, 3.05) is 32.5 Å². The molecule has 1 aromatic heterocycles. The third-order valence-corrected chi connectivity index (χ3v) is 5.97. The van der Waals surface area contributed by atoms with Crippen molar-refractivity contribution in [1.82, 2.24) is 14.8 Å². The second-order valence-corrected chi connectivity index (χ2v) is 8.11. The van der Waals surface area contributed by atoms with Crippen molar-refractivity contribution in [3.05, 3.63) is 36.4 Å². The lowest BCUT2D eigenvalue weighted by Gasteiger charge is -2.32. The topological polar surface area (TPSA) is 65.5 Å². The number of aromatic nitrogens is 1. The summed E-state index contributed by atoms with van der Waals surface area (Å²) < 4.78 is 1.07. The maximum atomic E-state index is 12.7. The minimum atomic E-state index is -0.0834. The highest BCUT2D eigenvalue weighted by molar-refractivity contribution is 7.22. The van der Waals surface area contributed by atoms with Gasteiger partial charge in [0.1, 0.15) is 0 Å². The third-order valence-electron chi connectivity index (χ3n) is 5.03. The highest BCUT2D eigenvalue weighted by Crippen LogP contribution is 2.32. The fourth-order valence-electron chi connectivity index (χ4n) is 3.54. The van der Waals surface area contributed by atoms with Gasteiger partial charge in [-0.15, -0.1) is 0 Å². The Kier molecular flexibility index (Phi) is 4.70. The van der Waals surface area contributed by atoms with E-state index < -0.39 is 0 Å². The largest absolute Gasteiger partial charge is 0.331 e. The van der Waals surface area contributed by atoms with Crippen LogP contribution in [0.5, 0.6) is 0 Å². The van der Waals surface area contributed by atoms with Crippen LogP contribution in [-0.4, -0.2) is 53.9 Å². The first-order valence-corrected chi connectivity index (χ1v) is 9.90. The van der Waals surface area contributed by atoms with E-state index in [1.165, 1.54) is 11.3 Å². The Morgan fingerprint density at radius 1 is 1.15 bits per heavy atom. The van der Waals surface area contributed by atoms with E-state index in [-0.39, 0.29) is 17.9 Å². The quantitative estimate of drug-likeness (QED) is 0.733. The number of thiazole rings is 1. The third kappa shape index (κ3) is 3.47. The number of carbonyl (C=O) groups excluding carboxylic acids is 2. The summed E-state index contributed by atoms with van der Waals surface area (Å²) in [6, 6.07) is 12.3. The normalized spacial score (nSPS) is 15.3. The predicted octanol–water partition coefficient (Wildman–Crippen LogP) is 3.78. The van der Waals surface area contributed by atoms with Crippen LogP contribution in [0.25, 0.3) is 21.0 Å². The highest BCUT2D eigenvalue weighted by Gasteiger charge is 2.28. The van der Waals surface area contributed by atoms with Crippen molar-refractivity contribution >= 4 is 49.4 Å². The van der Waals surface area contributed by atoms with Crippen LogP contribution in [0.15, 0.2) is 36.4 Å². The Balaban J connectivity index is 1.46. The Morgan fingerprint density at radius 2 is 1.89 bits per heavy atom. The number of piperidine rings is 1. The number of urea groups is 1. The number of carbonyl (C=O) groups is 2. The molecule has 3 aromatic rings. The molecule has 0 saturated carbocycles. The van der Waals surface area contributed by atoms with Crippen molar-refractivity contribution in [2.24, 2.45) is 5.92 Å². The molecule has 140 valence electrons. The van der Waals surface area contributed by atoms with Crippen LogP contribution in [0.1, 0.15) is 12.8 Å². The fourth-order valence-corrected chi connectivity index (χ4v) is 4.42. The van der Waals surface area contributed by atoms with Crippen molar-refractivity contribution < 1.29 is 9.59 Å². The second-order valence-electron chi connectivity index (χ2n) is 7.08. The minimum absolute atomic E-state index is 0.00434. The van der Waals surface area contributed by atoms with Gasteiger partial charge >= 0.3 is 6.03 Å². The summed E-state index contributed by atoms with van der Waals surface area (Å²) in [5.41, 5.74) is 0.930. The first kappa shape index (κ1) is 17.7. The van der Waals surface area contributed by atoms with E-state index in [0.717, 1.165) is 21.0 Å². The van der Waals surface area contributed by atoms with Crippen molar-refractivity contribution in [3.63, 3.8) is 0 Å². The monoisotopic (exact) mass is 382 g/mol. The molecule has 4 rings (SSSR count). The van der Waals surface area contributed by atoms with Gasteiger partial charge in [0.2, 0.25) is 5.91 Å². The molecule has 1 saturated heterocycles. The zero-order valence-electron chi connectivity index (χ0n) is 15.4. The summed E-state index contributed by atoms with van der Waals surface area (Å²) in [6.45, 7) is 1.22. The number of nitrogens with zero attached hydrogens (tertiary/aromatic N) is 3. The van der Waals surface area contributed by atoms with Crippen molar-refractivity contribution in [1.29, 1.82) is 0 Å². The molecule has 7 heteroatoms. The first-order chi connectivity index (χ1) is 13.0. The van der Waals surface area contributed by atoms with Crippen molar-refractivity contribution in [2.45, 2.75) is 12.8 Å². The van der Waals surface area contributed by atoms with Gasteiger partial charge in [0.25, 0.3) is 0 Å². The van der Waals surface area contributed by atoms with E-state index in [2.05, 4.69) is 34.6 Å². The van der Waals surface area contributed by atoms with E-state index in [0.29, 0.717) is 31.1 Å². The molecule has 1 N–H and O–H groups in total. The summed E-state index contributed by atoms with van der Waals surface area (Å²) in [6.07, 6.45) is 1.36. The summed E-state index contributed by atoms with van der Waals surface area (Å²) in [5.74, 6) is -0.0877. The van der Waals surface area contributed by atoms with Crippen LogP contribution in [0, 0.1) is 5.92 Å². The molecule has 2 aromatic carbocycles. The zero-order valence-corrected chi connectivity index (χ0v) is 16.3. The Hall–Kier alpha value is -2.67. The number of fused-ring (bicyclic) bond motifs is 3. The first-order valence-electron chi connectivity index (χ1n) is 9.08. The van der Waals surface area contributed by atoms with Crippen LogP contribution in [0.3, 0.4) is 0 Å². The van der Waals surface area contributed by atoms with Gasteiger partial charge in [0.15, 0.2) is 5.13 Å². The predicted molar refractivity (Wildman–Crippen MR) is 109 cm³/mol. The van der Waals surface area contributed by atoms with Gasteiger partial charge in [-0.3, -0.25) is 4.79 Å². The molecule has 0 aliphatic carbocycles. The number of hydrogen-bond donors (Lipinski definition) is 1. The number of likely N-dealkylation sites (tertiary alicyclic amines) is 1. The standard InChI is InChI=1S/C20H22N4O2S/c1-23(2)20(26)24-11-9-14(10-12-24)18(25)22-19-21-17-15-6-4-3-5-13(15)7-8-16(17)27-19/h3-8,14H,9-12H2,1-2H3,(H,21,22,25). The van der Waals surface area contributed by atoms with Crippen LogP contribution in [0.4, 0.5) is 9.93 Å². The van der Waals surface area contributed by atoms with Crippen LogP contribution < -0.4 is 5.32 Å². The van der Waals surface area contributed by atoms with E-state index in [1.807, 2.05) is 12.1 Å². The Morgan fingerprint density at radius 3 is 2.63 bits per heavy atom. The van der Waals surface area contributed by atoms with Gasteiger partial charge in [0, 0.05) is 38.5 Å². The van der Waals surface area contributed by atoms with Crippen LogP contribution in [-0.2, 0) is 4.79 Å². The van der Waals surface area contributed by atoms with Gasteiger partial charge in [-0.25, -0.2) is 9.78 Å². The molecular weight excluding hydrogens is 360 g/mol. The lowest BCUT2D eigenvalue weighted by molar-refractivity contribution is -0.121. The number of amides is 3. The lowest BCUT2D eigenvalue weighted by atomic mass is 9.96. The van der Waals surface area contributed by atoms with Crippen LogP contribution in [0.2, 0.25) is 0 Å². The lowest BCUT2D eigenvalue weighted by Crippen LogP contribution is -2.45. The molecule has 3 amide bonds.